The Kier molecular flexibility index (Phi) is 7.87. The molecule has 0 unspecified atom stereocenters. The predicted octanol–water partition coefficient (Wildman–Crippen LogP) is 2.32. The summed E-state index contributed by atoms with van der Waals surface area (Å²) in [6.45, 7) is 2.58. The number of hydrogen-bond acceptors (Lipinski definition) is 8. The minimum Gasteiger partial charge on any atom is -0.535 e. The number of Topliss-reactive ketones (excluding diaryl/α,β-unsaturated/α-hetero) is 1. The van der Waals surface area contributed by atoms with Crippen LogP contribution in [0.15, 0.2) is 18.2 Å². The van der Waals surface area contributed by atoms with Crippen LogP contribution in [0.5, 0.6) is 5.75 Å². The Balaban J connectivity index is 1.54. The van der Waals surface area contributed by atoms with Gasteiger partial charge in [-0.3, -0.25) is 9.59 Å². The second kappa shape index (κ2) is 10.6. The molecule has 30 heavy (non-hydrogen) atoms. The number of rotatable bonds is 8. The lowest BCUT2D eigenvalue weighted by Gasteiger charge is -2.28. The van der Waals surface area contributed by atoms with E-state index < -0.39 is 25.8 Å². The highest BCUT2D eigenvalue weighted by molar-refractivity contribution is 6.47. The molecule has 0 bridgehead atoms. The van der Waals surface area contributed by atoms with Crippen LogP contribution in [-0.4, -0.2) is 49.9 Å². The number of carbonyl (C=O) groups excluding carboxylic acids is 3. The molecule has 0 spiro atoms. The topological polar surface area (TPSA) is 108 Å². The monoisotopic (exact) mass is 418 g/mol. The zero-order chi connectivity index (χ0) is 21.5. The van der Waals surface area contributed by atoms with Crippen LogP contribution in [0.4, 0.5) is 0 Å². The quantitative estimate of drug-likeness (QED) is 0.389. The Morgan fingerprint density at radius 2 is 1.93 bits per heavy atom. The van der Waals surface area contributed by atoms with E-state index in [0.29, 0.717) is 26.1 Å². The van der Waals surface area contributed by atoms with Gasteiger partial charge in [0.25, 0.3) is 0 Å². The molecule has 0 radical (unpaired) electrons. The number of carbonyl (C=O) groups is 3. The molecule has 2 aliphatic heterocycles. The van der Waals surface area contributed by atoms with Crippen LogP contribution in [0.3, 0.4) is 0 Å². The van der Waals surface area contributed by atoms with Crippen molar-refractivity contribution in [1.29, 1.82) is 0 Å². The van der Waals surface area contributed by atoms with Gasteiger partial charge in [-0.2, -0.15) is 0 Å². The first-order valence-corrected chi connectivity index (χ1v) is 10.4. The highest BCUT2D eigenvalue weighted by atomic mass is 16.7. The fraction of sp³-hybridized carbons (Fsp3) is 0.571. The van der Waals surface area contributed by atoms with Gasteiger partial charge in [-0.05, 0) is 36.8 Å². The number of fused-ring (bicyclic) bond motifs is 1. The molecule has 1 aromatic carbocycles. The van der Waals surface area contributed by atoms with E-state index in [-0.39, 0.29) is 41.7 Å². The van der Waals surface area contributed by atoms with Gasteiger partial charge in [-0.1, -0.05) is 19.1 Å². The highest BCUT2D eigenvalue weighted by Crippen LogP contribution is 2.36. The zero-order valence-corrected chi connectivity index (χ0v) is 17.1. The molecule has 3 rings (SSSR count). The van der Waals surface area contributed by atoms with E-state index in [1.54, 1.807) is 19.1 Å². The Morgan fingerprint density at radius 3 is 2.67 bits per heavy atom. The molecule has 2 heterocycles. The maximum Gasteiger partial charge on any atom is 0.526 e. The molecule has 1 fully saturated rings. The smallest absolute Gasteiger partial charge is 0.526 e. The Morgan fingerprint density at radius 1 is 1.17 bits per heavy atom. The SMILES string of the molecule is CCC(=O)C[C@H]1Cc2cccc(C(=O)OCOC(=O)CC3CCOCC3)c2OB1O. The summed E-state index contributed by atoms with van der Waals surface area (Å²) in [7, 11) is -1.18. The summed E-state index contributed by atoms with van der Waals surface area (Å²) < 4.78 is 20.9. The van der Waals surface area contributed by atoms with E-state index in [0.717, 1.165) is 18.4 Å². The van der Waals surface area contributed by atoms with E-state index in [9.17, 15) is 19.4 Å². The number of ketones is 1. The molecule has 1 N–H and O–H groups in total. The normalized spacial score (nSPS) is 18.9. The highest BCUT2D eigenvalue weighted by Gasteiger charge is 2.37. The summed E-state index contributed by atoms with van der Waals surface area (Å²) in [6, 6.07) is 5.00. The van der Waals surface area contributed by atoms with E-state index in [4.69, 9.17) is 18.9 Å². The largest absolute Gasteiger partial charge is 0.535 e. The maximum absolute atomic E-state index is 12.5. The van der Waals surface area contributed by atoms with Crippen LogP contribution < -0.4 is 4.65 Å². The third kappa shape index (κ3) is 5.83. The molecule has 162 valence electrons. The van der Waals surface area contributed by atoms with Crippen molar-refractivity contribution < 1.29 is 38.3 Å². The Bertz CT molecular complexity index is 774. The van der Waals surface area contributed by atoms with Gasteiger partial charge >= 0.3 is 19.1 Å². The number of esters is 2. The number of benzene rings is 1. The van der Waals surface area contributed by atoms with Crippen LogP contribution in [0, 0.1) is 5.92 Å². The summed E-state index contributed by atoms with van der Waals surface area (Å²) in [5.41, 5.74) is 0.868. The Labute approximate surface area is 176 Å². The molecule has 0 saturated carbocycles. The van der Waals surface area contributed by atoms with Gasteiger partial charge in [-0.15, -0.1) is 0 Å². The molecule has 0 amide bonds. The lowest BCUT2D eigenvalue weighted by Crippen LogP contribution is -2.35. The van der Waals surface area contributed by atoms with Crippen LogP contribution in [0.1, 0.15) is 54.9 Å². The van der Waals surface area contributed by atoms with Crippen molar-refractivity contribution in [3.05, 3.63) is 29.3 Å². The average molecular weight is 418 g/mol. The minimum atomic E-state index is -1.18. The summed E-state index contributed by atoms with van der Waals surface area (Å²) in [5, 5.41) is 10.3. The summed E-state index contributed by atoms with van der Waals surface area (Å²) in [4.78, 5) is 36.1. The van der Waals surface area contributed by atoms with Crippen molar-refractivity contribution in [1.82, 2.24) is 0 Å². The summed E-state index contributed by atoms with van der Waals surface area (Å²) in [6.07, 6.45) is 2.94. The molecule has 8 nitrogen and oxygen atoms in total. The third-order valence-corrected chi connectivity index (χ3v) is 5.53. The second-order valence-corrected chi connectivity index (χ2v) is 7.69. The lowest BCUT2D eigenvalue weighted by molar-refractivity contribution is -0.154. The third-order valence-electron chi connectivity index (χ3n) is 5.53. The number of hydrogen-bond donors (Lipinski definition) is 1. The van der Waals surface area contributed by atoms with Crippen LogP contribution >= 0.6 is 0 Å². The zero-order valence-electron chi connectivity index (χ0n) is 17.1. The van der Waals surface area contributed by atoms with E-state index in [1.165, 1.54) is 6.07 Å². The van der Waals surface area contributed by atoms with E-state index >= 15 is 0 Å². The van der Waals surface area contributed by atoms with Crippen LogP contribution in [0.2, 0.25) is 5.82 Å². The van der Waals surface area contributed by atoms with Gasteiger partial charge in [0.05, 0.1) is 0 Å². The fourth-order valence-corrected chi connectivity index (χ4v) is 3.73. The van der Waals surface area contributed by atoms with Crippen molar-refractivity contribution in [2.45, 2.75) is 51.3 Å². The standard InChI is InChI=1S/C21H27BO8/c1-2-17(23)12-16-11-15-4-3-5-18(20(15)30-22(16)26)21(25)29-13-28-19(24)10-14-6-8-27-9-7-14/h3-5,14,16,26H,2,6-13H2,1H3/t16-/m1/s1. The van der Waals surface area contributed by atoms with Gasteiger partial charge in [0.2, 0.25) is 6.79 Å². The van der Waals surface area contributed by atoms with Crippen LogP contribution in [-0.2, 0) is 30.2 Å². The average Bonchev–Trinajstić information content (AvgIpc) is 2.74. The predicted molar refractivity (Wildman–Crippen MR) is 107 cm³/mol. The first-order valence-electron chi connectivity index (χ1n) is 10.4. The van der Waals surface area contributed by atoms with Crippen molar-refractivity contribution in [2.75, 3.05) is 20.0 Å². The second-order valence-electron chi connectivity index (χ2n) is 7.69. The molecular formula is C21H27BO8. The maximum atomic E-state index is 12.5. The van der Waals surface area contributed by atoms with E-state index in [2.05, 4.69) is 0 Å². The lowest BCUT2D eigenvalue weighted by atomic mass is 9.64. The van der Waals surface area contributed by atoms with Gasteiger partial charge in [0.1, 0.15) is 17.1 Å². The molecule has 9 heteroatoms. The van der Waals surface area contributed by atoms with Gasteiger partial charge in [0, 0.05) is 38.3 Å². The summed E-state index contributed by atoms with van der Waals surface area (Å²) >= 11 is 0. The first-order chi connectivity index (χ1) is 14.5. The van der Waals surface area contributed by atoms with Gasteiger partial charge in [-0.25, -0.2) is 4.79 Å². The van der Waals surface area contributed by atoms with Crippen molar-refractivity contribution in [3.63, 3.8) is 0 Å². The van der Waals surface area contributed by atoms with Crippen LogP contribution in [0.25, 0.3) is 0 Å². The van der Waals surface area contributed by atoms with Crippen molar-refractivity contribution in [2.24, 2.45) is 5.92 Å². The first kappa shape index (κ1) is 22.3. The number of ether oxygens (including phenoxy) is 3. The minimum absolute atomic E-state index is 0.0456. The molecule has 2 aliphatic rings. The Hall–Kier alpha value is -2.39. The van der Waals surface area contributed by atoms with Crippen molar-refractivity contribution in [3.8, 4) is 5.75 Å². The molecule has 0 aromatic heterocycles. The summed E-state index contributed by atoms with van der Waals surface area (Å²) in [5.74, 6) is -0.971. The molecular weight excluding hydrogens is 391 g/mol. The van der Waals surface area contributed by atoms with Gasteiger partial charge < -0.3 is 23.9 Å². The van der Waals surface area contributed by atoms with E-state index in [1.807, 2.05) is 0 Å². The number of para-hydroxylation sites is 1. The molecule has 1 atom stereocenters. The molecule has 1 saturated heterocycles. The fourth-order valence-electron chi connectivity index (χ4n) is 3.73. The van der Waals surface area contributed by atoms with Gasteiger partial charge in [0.15, 0.2) is 0 Å². The van der Waals surface area contributed by atoms with Crippen molar-refractivity contribution >= 4 is 24.8 Å². The molecule has 0 aliphatic carbocycles. The molecule has 1 aromatic rings.